The third kappa shape index (κ3) is 8.00. The highest BCUT2D eigenvalue weighted by atomic mass is 32.2. The summed E-state index contributed by atoms with van der Waals surface area (Å²) in [5.74, 6) is -1.48. The van der Waals surface area contributed by atoms with E-state index in [9.17, 15) is 32.9 Å². The van der Waals surface area contributed by atoms with Crippen LogP contribution < -0.4 is 19.7 Å². The van der Waals surface area contributed by atoms with Gasteiger partial charge in [0, 0.05) is 37.5 Å². The Morgan fingerprint density at radius 1 is 0.872 bits per heavy atom. The molecule has 3 aromatic rings. The molecule has 0 radical (unpaired) electrons. The van der Waals surface area contributed by atoms with Crippen molar-refractivity contribution in [2.45, 2.75) is 11.8 Å². The molecule has 0 saturated heterocycles. The summed E-state index contributed by atoms with van der Waals surface area (Å²) in [5, 5.41) is 15.7. The molecule has 13 nitrogen and oxygen atoms in total. The normalized spacial score (nSPS) is 10.7. The number of benzene rings is 3. The van der Waals surface area contributed by atoms with Crippen LogP contribution in [0.25, 0.3) is 0 Å². The lowest BCUT2D eigenvalue weighted by Gasteiger charge is -2.20. The highest BCUT2D eigenvalue weighted by molar-refractivity contribution is 7.92. The van der Waals surface area contributed by atoms with Gasteiger partial charge in [-0.2, -0.15) is 0 Å². The molecule has 0 aromatic heterocycles. The number of amides is 2. The molecule has 0 heterocycles. The van der Waals surface area contributed by atoms with Crippen LogP contribution in [0.5, 0.6) is 5.75 Å². The predicted molar refractivity (Wildman–Crippen MR) is 141 cm³/mol. The first-order valence-electron chi connectivity index (χ1n) is 11.2. The molecule has 0 saturated carbocycles. The van der Waals surface area contributed by atoms with Gasteiger partial charge in [0.25, 0.3) is 21.6 Å². The molecule has 0 aliphatic heterocycles. The number of esters is 1. The minimum atomic E-state index is -3.88. The third-order valence-electron chi connectivity index (χ3n) is 5.12. The average Bonchev–Trinajstić information content (AvgIpc) is 2.91. The molecular formula is C25H24N4O9S. The molecule has 204 valence electrons. The largest absolute Gasteiger partial charge is 0.482 e. The van der Waals surface area contributed by atoms with E-state index in [1.54, 1.807) is 0 Å². The van der Waals surface area contributed by atoms with Gasteiger partial charge >= 0.3 is 5.97 Å². The number of ether oxygens (including phenoxy) is 2. The first kappa shape index (κ1) is 28.6. The number of non-ortho nitro benzene ring substituents is 1. The maximum Gasteiger partial charge on any atom is 0.344 e. The van der Waals surface area contributed by atoms with Gasteiger partial charge < -0.3 is 20.1 Å². The summed E-state index contributed by atoms with van der Waals surface area (Å²) >= 11 is 0. The zero-order valence-electron chi connectivity index (χ0n) is 20.8. The van der Waals surface area contributed by atoms with Gasteiger partial charge in [-0.1, -0.05) is 0 Å². The number of carbonyl (C=O) groups excluding carboxylic acids is 3. The Balaban J connectivity index is 1.48. The van der Waals surface area contributed by atoms with E-state index in [0.29, 0.717) is 17.1 Å². The number of nitro groups is 1. The second kappa shape index (κ2) is 12.5. The van der Waals surface area contributed by atoms with Crippen LogP contribution in [0, 0.1) is 10.1 Å². The Labute approximate surface area is 223 Å². The van der Waals surface area contributed by atoms with E-state index >= 15 is 0 Å². The van der Waals surface area contributed by atoms with Gasteiger partial charge in [0.15, 0.2) is 13.2 Å². The van der Waals surface area contributed by atoms with Gasteiger partial charge in [-0.05, 0) is 60.7 Å². The Morgan fingerprint density at radius 3 is 2.00 bits per heavy atom. The van der Waals surface area contributed by atoms with Crippen molar-refractivity contribution in [3.8, 4) is 5.75 Å². The smallest absolute Gasteiger partial charge is 0.344 e. The predicted octanol–water partition coefficient (Wildman–Crippen LogP) is 2.94. The number of hydrogen-bond acceptors (Lipinski definition) is 9. The van der Waals surface area contributed by atoms with Crippen LogP contribution in [0.15, 0.2) is 77.7 Å². The molecule has 0 bridgehead atoms. The first-order valence-corrected chi connectivity index (χ1v) is 12.7. The van der Waals surface area contributed by atoms with Gasteiger partial charge in [-0.25, -0.2) is 13.2 Å². The zero-order chi connectivity index (χ0) is 28.6. The van der Waals surface area contributed by atoms with E-state index in [1.165, 1.54) is 86.8 Å². The van der Waals surface area contributed by atoms with Crippen LogP contribution in [0.1, 0.15) is 6.92 Å². The molecule has 0 fully saturated rings. The highest BCUT2D eigenvalue weighted by Gasteiger charge is 2.21. The van der Waals surface area contributed by atoms with Crippen molar-refractivity contribution in [2.75, 3.05) is 35.2 Å². The fourth-order valence-corrected chi connectivity index (χ4v) is 4.35. The first-order chi connectivity index (χ1) is 18.5. The number of sulfonamides is 1. The van der Waals surface area contributed by atoms with Gasteiger partial charge in [-0.3, -0.25) is 24.0 Å². The molecule has 2 N–H and O–H groups in total. The molecule has 0 atom stereocenters. The Bertz CT molecular complexity index is 1460. The maximum atomic E-state index is 12.9. The molecule has 3 rings (SSSR count). The van der Waals surface area contributed by atoms with E-state index in [-0.39, 0.29) is 22.2 Å². The van der Waals surface area contributed by atoms with E-state index in [4.69, 9.17) is 9.47 Å². The van der Waals surface area contributed by atoms with Crippen molar-refractivity contribution >= 4 is 50.6 Å². The van der Waals surface area contributed by atoms with E-state index in [2.05, 4.69) is 10.6 Å². The summed E-state index contributed by atoms with van der Waals surface area (Å²) in [6.07, 6.45) is 0. The lowest BCUT2D eigenvalue weighted by atomic mass is 10.3. The molecule has 39 heavy (non-hydrogen) atoms. The zero-order valence-corrected chi connectivity index (χ0v) is 21.6. The molecule has 0 spiro atoms. The van der Waals surface area contributed by atoms with Crippen molar-refractivity contribution in [1.29, 1.82) is 0 Å². The highest BCUT2D eigenvalue weighted by Crippen LogP contribution is 2.25. The van der Waals surface area contributed by atoms with Crippen LogP contribution >= 0.6 is 0 Å². The summed E-state index contributed by atoms with van der Waals surface area (Å²) in [5.41, 5.74) is 0.965. The van der Waals surface area contributed by atoms with Gasteiger partial charge in [0.1, 0.15) is 5.75 Å². The monoisotopic (exact) mass is 556 g/mol. The third-order valence-corrected chi connectivity index (χ3v) is 6.92. The average molecular weight is 557 g/mol. The summed E-state index contributed by atoms with van der Waals surface area (Å²) in [6.45, 7) is 0.256. The lowest BCUT2D eigenvalue weighted by Crippen LogP contribution is -2.26. The van der Waals surface area contributed by atoms with E-state index in [1.807, 2.05) is 0 Å². The van der Waals surface area contributed by atoms with Gasteiger partial charge in [0.2, 0.25) is 5.91 Å². The van der Waals surface area contributed by atoms with E-state index < -0.39 is 40.0 Å². The Morgan fingerprint density at radius 2 is 1.44 bits per heavy atom. The van der Waals surface area contributed by atoms with Gasteiger partial charge in [0.05, 0.1) is 15.5 Å². The van der Waals surface area contributed by atoms with Crippen LogP contribution in [-0.4, -0.2) is 51.4 Å². The number of nitro benzene ring substituents is 1. The van der Waals surface area contributed by atoms with Crippen LogP contribution in [0.3, 0.4) is 0 Å². The van der Waals surface area contributed by atoms with Crippen LogP contribution in [-0.2, 0) is 29.1 Å². The molecular weight excluding hydrogens is 532 g/mol. The SMILES string of the molecule is CC(=O)Nc1ccc(S(=O)(=O)N(C)c2ccc(OCC(=O)OCC(=O)Nc3ccc([N+](=O)[O-])cc3)cc2)cc1. The molecule has 0 aliphatic carbocycles. The fourth-order valence-electron chi connectivity index (χ4n) is 3.16. The molecule has 2 amide bonds. The van der Waals surface area contributed by atoms with Crippen molar-refractivity contribution in [2.24, 2.45) is 0 Å². The quantitative estimate of drug-likeness (QED) is 0.204. The molecule has 3 aromatic carbocycles. The summed E-state index contributed by atoms with van der Waals surface area (Å²) < 4.78 is 37.1. The van der Waals surface area contributed by atoms with Gasteiger partial charge in [-0.15, -0.1) is 0 Å². The fraction of sp³-hybridized carbons (Fsp3) is 0.160. The number of carbonyl (C=O) groups is 3. The minimum absolute atomic E-state index is 0.0276. The molecule has 0 aliphatic rings. The van der Waals surface area contributed by atoms with Crippen molar-refractivity contribution in [3.05, 3.63) is 82.9 Å². The topological polar surface area (TPSA) is 174 Å². The lowest BCUT2D eigenvalue weighted by molar-refractivity contribution is -0.384. The summed E-state index contributed by atoms with van der Waals surface area (Å²) in [6, 6.07) is 16.8. The summed E-state index contributed by atoms with van der Waals surface area (Å²) in [4.78, 5) is 45.1. The number of hydrogen-bond donors (Lipinski definition) is 2. The number of rotatable bonds is 11. The standard InChI is InChI=1S/C25H24N4O9S/c1-17(30)26-18-5-13-23(14-6-18)39(35,36)28(2)20-9-11-22(12-10-20)37-16-25(32)38-15-24(31)27-19-3-7-21(8-4-19)29(33)34/h3-14H,15-16H2,1-2H3,(H,26,30)(H,27,31). The Kier molecular flexibility index (Phi) is 9.17. The van der Waals surface area contributed by atoms with Crippen molar-refractivity contribution in [1.82, 2.24) is 0 Å². The van der Waals surface area contributed by atoms with Crippen LogP contribution in [0.2, 0.25) is 0 Å². The molecule has 0 unspecified atom stereocenters. The number of anilines is 3. The maximum absolute atomic E-state index is 12.9. The van der Waals surface area contributed by atoms with Crippen LogP contribution in [0.4, 0.5) is 22.7 Å². The second-order valence-electron chi connectivity index (χ2n) is 7.97. The second-order valence-corrected chi connectivity index (χ2v) is 9.94. The number of nitrogens with one attached hydrogen (secondary N) is 2. The van der Waals surface area contributed by atoms with E-state index in [0.717, 1.165) is 4.31 Å². The summed E-state index contributed by atoms with van der Waals surface area (Å²) in [7, 11) is -2.50. The number of nitrogens with zero attached hydrogens (tertiary/aromatic N) is 2. The minimum Gasteiger partial charge on any atom is -0.482 e. The van der Waals surface area contributed by atoms with Crippen molar-refractivity contribution in [3.63, 3.8) is 0 Å². The molecule has 14 heteroatoms. The Hall–Kier alpha value is -4.98. The van der Waals surface area contributed by atoms with Crippen molar-refractivity contribution < 1.29 is 37.2 Å².